The Labute approximate surface area is 126 Å². The number of hydrogen-bond donors (Lipinski definition) is 1. The minimum Gasteiger partial charge on any atom is -0.495 e. The van der Waals surface area contributed by atoms with Crippen LogP contribution < -0.4 is 10.1 Å². The Hall–Kier alpha value is -1.19. The molecule has 0 radical (unpaired) electrons. The van der Waals surface area contributed by atoms with Gasteiger partial charge >= 0.3 is 0 Å². The van der Waals surface area contributed by atoms with Crippen molar-refractivity contribution in [3.63, 3.8) is 0 Å². The smallest absolute Gasteiger partial charge is 0.143 e. The maximum atomic E-state index is 6.09. The number of aryl methyl sites for hydroxylation is 1. The van der Waals surface area contributed by atoms with Crippen LogP contribution in [0.2, 0.25) is 5.02 Å². The van der Waals surface area contributed by atoms with Crippen molar-refractivity contribution >= 4 is 33.2 Å². The van der Waals surface area contributed by atoms with E-state index in [-0.39, 0.29) is 0 Å². The summed E-state index contributed by atoms with van der Waals surface area (Å²) >= 11 is 9.56. The second-order valence-electron chi connectivity index (χ2n) is 4.29. The first-order valence-corrected chi connectivity index (χ1v) is 7.09. The summed E-state index contributed by atoms with van der Waals surface area (Å²) in [6.07, 6.45) is 0. The number of benzene rings is 2. The summed E-state index contributed by atoms with van der Waals surface area (Å²) in [5.74, 6) is 0.755. The molecule has 0 aliphatic rings. The van der Waals surface area contributed by atoms with Gasteiger partial charge in [0.1, 0.15) is 5.75 Å². The predicted molar refractivity (Wildman–Crippen MR) is 84.2 cm³/mol. The zero-order chi connectivity index (χ0) is 13.8. The number of nitrogens with one attached hydrogen (secondary N) is 1. The molecule has 4 heteroatoms. The van der Waals surface area contributed by atoms with Crippen LogP contribution in [0.1, 0.15) is 11.1 Å². The van der Waals surface area contributed by atoms with Crippen LogP contribution >= 0.6 is 27.5 Å². The summed E-state index contributed by atoms with van der Waals surface area (Å²) in [7, 11) is 1.64. The van der Waals surface area contributed by atoms with Gasteiger partial charge in [0.2, 0.25) is 0 Å². The summed E-state index contributed by atoms with van der Waals surface area (Å²) in [6, 6.07) is 12.0. The van der Waals surface area contributed by atoms with Crippen molar-refractivity contribution < 1.29 is 4.74 Å². The fourth-order valence-corrected chi connectivity index (χ4v) is 2.41. The molecular weight excluding hydrogens is 326 g/mol. The molecule has 0 aliphatic carbocycles. The van der Waals surface area contributed by atoms with Gasteiger partial charge in [0.25, 0.3) is 0 Å². The van der Waals surface area contributed by atoms with Crippen molar-refractivity contribution in [2.45, 2.75) is 13.5 Å². The zero-order valence-corrected chi connectivity index (χ0v) is 13.2. The van der Waals surface area contributed by atoms with Crippen molar-refractivity contribution in [2.75, 3.05) is 12.4 Å². The minimum absolute atomic E-state index is 0.713. The van der Waals surface area contributed by atoms with Crippen LogP contribution in [0.15, 0.2) is 40.9 Å². The van der Waals surface area contributed by atoms with E-state index < -0.39 is 0 Å². The van der Waals surface area contributed by atoms with Crippen LogP contribution in [-0.2, 0) is 6.54 Å². The highest BCUT2D eigenvalue weighted by atomic mass is 79.9. The van der Waals surface area contributed by atoms with Crippen LogP contribution in [0.25, 0.3) is 0 Å². The van der Waals surface area contributed by atoms with Crippen molar-refractivity contribution in [3.8, 4) is 5.75 Å². The third-order valence-electron chi connectivity index (χ3n) is 2.85. The molecule has 0 heterocycles. The molecule has 100 valence electrons. The van der Waals surface area contributed by atoms with Crippen molar-refractivity contribution in [2.24, 2.45) is 0 Å². The first-order chi connectivity index (χ1) is 9.10. The molecule has 0 unspecified atom stereocenters. The first kappa shape index (κ1) is 14.2. The monoisotopic (exact) mass is 339 g/mol. The Bertz CT molecular complexity index is 586. The maximum absolute atomic E-state index is 6.09. The second-order valence-corrected chi connectivity index (χ2v) is 5.61. The fourth-order valence-electron chi connectivity index (χ4n) is 1.81. The third-order valence-corrected chi connectivity index (χ3v) is 3.75. The molecule has 19 heavy (non-hydrogen) atoms. The molecule has 2 rings (SSSR count). The van der Waals surface area contributed by atoms with Gasteiger partial charge in [-0.25, -0.2) is 0 Å². The van der Waals surface area contributed by atoms with Crippen LogP contribution in [0.5, 0.6) is 5.75 Å². The van der Waals surface area contributed by atoms with E-state index >= 15 is 0 Å². The van der Waals surface area contributed by atoms with Gasteiger partial charge in [-0.1, -0.05) is 39.7 Å². The number of rotatable bonds is 4. The van der Waals surface area contributed by atoms with Gasteiger partial charge in [-0.2, -0.15) is 0 Å². The van der Waals surface area contributed by atoms with E-state index in [1.165, 1.54) is 5.56 Å². The molecule has 0 saturated heterocycles. The van der Waals surface area contributed by atoms with Gasteiger partial charge in [0.05, 0.1) is 12.8 Å². The molecule has 0 amide bonds. The highest BCUT2D eigenvalue weighted by Gasteiger charge is 2.06. The number of anilines is 1. The molecule has 2 aromatic rings. The number of methoxy groups -OCH3 is 1. The van der Waals surface area contributed by atoms with E-state index in [4.69, 9.17) is 16.3 Å². The van der Waals surface area contributed by atoms with Crippen molar-refractivity contribution in [3.05, 3.63) is 57.0 Å². The van der Waals surface area contributed by atoms with Gasteiger partial charge in [-0.05, 0) is 36.2 Å². The Morgan fingerprint density at radius 3 is 2.74 bits per heavy atom. The quantitative estimate of drug-likeness (QED) is 0.842. The van der Waals surface area contributed by atoms with Crippen LogP contribution in [-0.4, -0.2) is 7.11 Å². The highest BCUT2D eigenvalue weighted by Crippen LogP contribution is 2.31. The SMILES string of the molecule is COc1cc(Cl)c(C)cc1NCc1cccc(Br)c1. The molecule has 2 aromatic carbocycles. The van der Waals surface area contributed by atoms with Gasteiger partial charge in [-0.3, -0.25) is 0 Å². The van der Waals surface area contributed by atoms with Crippen LogP contribution in [0, 0.1) is 6.92 Å². The summed E-state index contributed by atoms with van der Waals surface area (Å²) < 4.78 is 6.41. The van der Waals surface area contributed by atoms with E-state index in [2.05, 4.69) is 33.4 Å². The standard InChI is InChI=1S/C15H15BrClNO/c1-10-6-14(15(19-2)8-13(10)17)18-9-11-4-3-5-12(16)7-11/h3-8,18H,9H2,1-2H3. The maximum Gasteiger partial charge on any atom is 0.143 e. The highest BCUT2D eigenvalue weighted by molar-refractivity contribution is 9.10. The van der Waals surface area contributed by atoms with E-state index in [9.17, 15) is 0 Å². The van der Waals surface area contributed by atoms with Crippen LogP contribution in [0.3, 0.4) is 0 Å². The molecule has 0 atom stereocenters. The van der Waals surface area contributed by atoms with Crippen LogP contribution in [0.4, 0.5) is 5.69 Å². The molecule has 0 bridgehead atoms. The van der Waals surface area contributed by atoms with Gasteiger partial charge in [0, 0.05) is 22.1 Å². The summed E-state index contributed by atoms with van der Waals surface area (Å²) in [5, 5.41) is 4.08. The molecule has 0 aliphatic heterocycles. The van der Waals surface area contributed by atoms with E-state index in [1.807, 2.05) is 31.2 Å². The Kier molecular flexibility index (Phi) is 4.72. The second kappa shape index (κ2) is 6.31. The average Bonchev–Trinajstić information content (AvgIpc) is 2.39. The zero-order valence-electron chi connectivity index (χ0n) is 10.8. The van der Waals surface area contributed by atoms with E-state index in [0.717, 1.165) is 28.0 Å². The molecule has 1 N–H and O–H groups in total. The normalized spacial score (nSPS) is 10.3. The molecule has 0 spiro atoms. The molecule has 0 aromatic heterocycles. The number of hydrogen-bond acceptors (Lipinski definition) is 2. The van der Waals surface area contributed by atoms with Crippen molar-refractivity contribution in [1.29, 1.82) is 0 Å². The van der Waals surface area contributed by atoms with Gasteiger partial charge in [0.15, 0.2) is 0 Å². The predicted octanol–water partition coefficient (Wildman–Crippen LogP) is 5.03. The lowest BCUT2D eigenvalue weighted by Crippen LogP contribution is -2.02. The lowest BCUT2D eigenvalue weighted by molar-refractivity contribution is 0.416. The van der Waals surface area contributed by atoms with Gasteiger partial charge in [-0.15, -0.1) is 0 Å². The molecular formula is C15H15BrClNO. The topological polar surface area (TPSA) is 21.3 Å². The Morgan fingerprint density at radius 1 is 1.26 bits per heavy atom. The largest absolute Gasteiger partial charge is 0.495 e. The Morgan fingerprint density at radius 2 is 2.05 bits per heavy atom. The lowest BCUT2D eigenvalue weighted by Gasteiger charge is -2.13. The fraction of sp³-hybridized carbons (Fsp3) is 0.200. The summed E-state index contributed by atoms with van der Waals surface area (Å²) in [4.78, 5) is 0. The third kappa shape index (κ3) is 3.64. The van der Waals surface area contributed by atoms with Crippen molar-refractivity contribution in [1.82, 2.24) is 0 Å². The first-order valence-electron chi connectivity index (χ1n) is 5.92. The summed E-state index contributed by atoms with van der Waals surface area (Å²) in [6.45, 7) is 2.71. The Balaban J connectivity index is 2.17. The average molecular weight is 341 g/mol. The van der Waals surface area contributed by atoms with E-state index in [0.29, 0.717) is 5.02 Å². The molecule has 2 nitrogen and oxygen atoms in total. The molecule has 0 saturated carbocycles. The number of ether oxygens (including phenoxy) is 1. The van der Waals surface area contributed by atoms with E-state index in [1.54, 1.807) is 7.11 Å². The minimum atomic E-state index is 0.713. The molecule has 0 fully saturated rings. The number of halogens is 2. The van der Waals surface area contributed by atoms with Gasteiger partial charge < -0.3 is 10.1 Å². The summed E-state index contributed by atoms with van der Waals surface area (Å²) in [5.41, 5.74) is 3.17. The lowest BCUT2D eigenvalue weighted by atomic mass is 10.2.